The van der Waals surface area contributed by atoms with Crippen molar-refractivity contribution in [1.82, 2.24) is 4.81 Å². The average molecular weight is 199 g/mol. The molecule has 0 radical (unpaired) electrons. The van der Waals surface area contributed by atoms with E-state index >= 15 is 0 Å². The molecule has 1 aliphatic rings. The average Bonchev–Trinajstić information content (AvgIpc) is 2.41. The molecule has 0 amide bonds. The number of hydrogen-bond donors (Lipinski definition) is 1. The molecule has 1 N–H and O–H groups in total. The highest BCUT2D eigenvalue weighted by Crippen LogP contribution is 2.34. The summed E-state index contributed by atoms with van der Waals surface area (Å²) in [5.74, 6) is 0.149. The number of nitrogens with zero attached hydrogens (tertiary/aromatic N) is 1. The number of esters is 1. The number of carbonyl (C=O) groups excluding carboxylic acids is 1. The van der Waals surface area contributed by atoms with Crippen LogP contribution >= 0.6 is 0 Å². The van der Waals surface area contributed by atoms with Crippen molar-refractivity contribution in [1.29, 1.82) is 0 Å². The lowest BCUT2D eigenvalue weighted by Crippen LogP contribution is -2.54. The molecule has 14 heavy (non-hydrogen) atoms. The molecule has 0 bridgehead atoms. The summed E-state index contributed by atoms with van der Waals surface area (Å²) in [7, 11) is 0.778. The van der Waals surface area contributed by atoms with Crippen molar-refractivity contribution in [3.05, 3.63) is 0 Å². The molecule has 5 heteroatoms. The predicted octanol–water partition coefficient (Wildman–Crippen LogP) is 0.370. The van der Waals surface area contributed by atoms with Gasteiger partial charge < -0.3 is 14.6 Å². The van der Waals surface area contributed by atoms with E-state index in [0.29, 0.717) is 5.92 Å². The van der Waals surface area contributed by atoms with E-state index in [2.05, 4.69) is 6.92 Å². The molecule has 1 saturated heterocycles. The standard InChI is InChI=1S/C9H18BNO3/c1-7-5-9(2,8(12)14-4)11(6-7)10(3)13/h7,13H,5-6H2,1-4H3/t7-,9?/m1/s1. The fourth-order valence-electron chi connectivity index (χ4n) is 2.38. The largest absolute Gasteiger partial charge is 0.468 e. The van der Waals surface area contributed by atoms with E-state index < -0.39 is 12.6 Å². The summed E-state index contributed by atoms with van der Waals surface area (Å²) in [5, 5.41) is 9.57. The topological polar surface area (TPSA) is 49.8 Å². The Hall–Kier alpha value is -0.545. The molecule has 0 saturated carbocycles. The van der Waals surface area contributed by atoms with Crippen molar-refractivity contribution in [2.24, 2.45) is 5.92 Å². The first-order chi connectivity index (χ1) is 6.41. The molecule has 0 aliphatic carbocycles. The Kier molecular flexibility index (Phi) is 3.22. The van der Waals surface area contributed by atoms with Gasteiger partial charge in [0.25, 0.3) is 0 Å². The third kappa shape index (κ3) is 1.79. The first kappa shape index (κ1) is 11.5. The van der Waals surface area contributed by atoms with Crippen LogP contribution in [0.4, 0.5) is 0 Å². The molecule has 0 aromatic heterocycles. The summed E-state index contributed by atoms with van der Waals surface area (Å²) in [5.41, 5.74) is -0.664. The van der Waals surface area contributed by atoms with Gasteiger partial charge in [-0.2, -0.15) is 0 Å². The second-order valence-electron chi connectivity index (χ2n) is 4.36. The summed E-state index contributed by atoms with van der Waals surface area (Å²) >= 11 is 0. The predicted molar refractivity (Wildman–Crippen MR) is 54.7 cm³/mol. The van der Waals surface area contributed by atoms with Crippen molar-refractivity contribution < 1.29 is 14.6 Å². The lowest BCUT2D eigenvalue weighted by atomic mass is 9.80. The molecular formula is C9H18BNO3. The number of methoxy groups -OCH3 is 1. The Morgan fingerprint density at radius 1 is 1.71 bits per heavy atom. The zero-order valence-electron chi connectivity index (χ0n) is 9.28. The van der Waals surface area contributed by atoms with Gasteiger partial charge >= 0.3 is 13.0 Å². The number of carbonyl (C=O) groups is 1. The van der Waals surface area contributed by atoms with E-state index in [1.54, 1.807) is 11.6 Å². The normalized spacial score (nSPS) is 33.1. The smallest absolute Gasteiger partial charge is 0.377 e. The van der Waals surface area contributed by atoms with Crippen LogP contribution < -0.4 is 0 Å². The minimum absolute atomic E-state index is 0.261. The van der Waals surface area contributed by atoms with Gasteiger partial charge in [0.05, 0.1) is 7.11 Å². The van der Waals surface area contributed by atoms with Crippen LogP contribution in [0.15, 0.2) is 0 Å². The summed E-state index contributed by atoms with van der Waals surface area (Å²) in [6, 6.07) is 0. The van der Waals surface area contributed by atoms with Crippen molar-refractivity contribution in [3.63, 3.8) is 0 Å². The highest BCUT2D eigenvalue weighted by atomic mass is 16.5. The molecular weight excluding hydrogens is 181 g/mol. The first-order valence-electron chi connectivity index (χ1n) is 4.95. The molecule has 0 spiro atoms. The van der Waals surface area contributed by atoms with Crippen molar-refractivity contribution >= 4 is 13.0 Å². The molecule has 2 atom stereocenters. The van der Waals surface area contributed by atoms with E-state index in [1.165, 1.54) is 7.11 Å². The van der Waals surface area contributed by atoms with E-state index in [1.807, 2.05) is 6.92 Å². The summed E-state index contributed by atoms with van der Waals surface area (Å²) in [4.78, 5) is 13.4. The van der Waals surface area contributed by atoms with Crippen LogP contribution in [0.1, 0.15) is 20.3 Å². The van der Waals surface area contributed by atoms with Gasteiger partial charge in [-0.3, -0.25) is 4.79 Å². The van der Waals surface area contributed by atoms with Gasteiger partial charge in [-0.05, 0) is 32.6 Å². The maximum atomic E-state index is 11.6. The number of rotatable bonds is 2. The van der Waals surface area contributed by atoms with Crippen LogP contribution in [-0.2, 0) is 9.53 Å². The summed E-state index contributed by atoms with van der Waals surface area (Å²) in [6.45, 7) is 6.32. The van der Waals surface area contributed by atoms with Crippen LogP contribution in [-0.4, -0.2) is 42.0 Å². The van der Waals surface area contributed by atoms with E-state index in [4.69, 9.17) is 4.74 Å². The Morgan fingerprint density at radius 2 is 2.29 bits per heavy atom. The summed E-state index contributed by atoms with van der Waals surface area (Å²) < 4.78 is 4.77. The molecule has 0 aromatic carbocycles. The molecule has 1 heterocycles. The fraction of sp³-hybridized carbons (Fsp3) is 0.889. The first-order valence-corrected chi connectivity index (χ1v) is 4.95. The second-order valence-corrected chi connectivity index (χ2v) is 4.36. The quantitative estimate of drug-likeness (QED) is 0.515. The van der Waals surface area contributed by atoms with Gasteiger partial charge in [-0.1, -0.05) is 6.92 Å². The SMILES string of the molecule is COC(=O)C1(C)C[C@@H](C)CN1B(C)O. The van der Waals surface area contributed by atoms with Gasteiger partial charge in [-0.15, -0.1) is 0 Å². The Morgan fingerprint density at radius 3 is 2.71 bits per heavy atom. The van der Waals surface area contributed by atoms with Crippen LogP contribution in [0.5, 0.6) is 0 Å². The molecule has 1 unspecified atom stereocenters. The Balaban J connectivity index is 2.89. The third-order valence-electron chi connectivity index (χ3n) is 2.96. The highest BCUT2D eigenvalue weighted by molar-refractivity contribution is 6.46. The Bertz CT molecular complexity index is 234. The minimum Gasteiger partial charge on any atom is -0.468 e. The van der Waals surface area contributed by atoms with Crippen LogP contribution in [0.25, 0.3) is 0 Å². The van der Waals surface area contributed by atoms with Crippen LogP contribution in [0.2, 0.25) is 6.82 Å². The molecule has 80 valence electrons. The third-order valence-corrected chi connectivity index (χ3v) is 2.96. The Labute approximate surface area is 85.4 Å². The molecule has 1 rings (SSSR count). The van der Waals surface area contributed by atoms with Gasteiger partial charge in [0, 0.05) is 0 Å². The second kappa shape index (κ2) is 3.91. The molecule has 4 nitrogen and oxygen atoms in total. The van der Waals surface area contributed by atoms with E-state index in [0.717, 1.165) is 13.0 Å². The van der Waals surface area contributed by atoms with Gasteiger partial charge in [0.15, 0.2) is 0 Å². The number of hydrogen-bond acceptors (Lipinski definition) is 4. The maximum Gasteiger partial charge on any atom is 0.377 e. The van der Waals surface area contributed by atoms with Gasteiger partial charge in [0.2, 0.25) is 0 Å². The lowest BCUT2D eigenvalue weighted by molar-refractivity contribution is -0.150. The van der Waals surface area contributed by atoms with Crippen LogP contribution in [0.3, 0.4) is 0 Å². The monoisotopic (exact) mass is 199 g/mol. The van der Waals surface area contributed by atoms with Gasteiger partial charge in [-0.25, -0.2) is 0 Å². The van der Waals surface area contributed by atoms with Gasteiger partial charge in [0.1, 0.15) is 5.54 Å². The zero-order valence-corrected chi connectivity index (χ0v) is 9.28. The van der Waals surface area contributed by atoms with E-state index in [-0.39, 0.29) is 5.97 Å². The fourth-order valence-corrected chi connectivity index (χ4v) is 2.38. The molecule has 0 aromatic rings. The number of ether oxygens (including phenoxy) is 1. The maximum absolute atomic E-state index is 11.6. The lowest BCUT2D eigenvalue weighted by Gasteiger charge is -2.33. The van der Waals surface area contributed by atoms with Crippen LogP contribution in [0, 0.1) is 5.92 Å². The molecule has 1 fully saturated rings. The highest BCUT2D eigenvalue weighted by Gasteiger charge is 2.49. The minimum atomic E-state index is -0.664. The van der Waals surface area contributed by atoms with Crippen molar-refractivity contribution in [2.75, 3.05) is 13.7 Å². The van der Waals surface area contributed by atoms with E-state index in [9.17, 15) is 9.82 Å². The van der Waals surface area contributed by atoms with Crippen molar-refractivity contribution in [2.45, 2.75) is 32.6 Å². The summed E-state index contributed by atoms with van der Waals surface area (Å²) in [6.07, 6.45) is 0.741. The molecule has 1 aliphatic heterocycles. The van der Waals surface area contributed by atoms with Crippen molar-refractivity contribution in [3.8, 4) is 0 Å². The zero-order chi connectivity index (χ0) is 10.9.